The Morgan fingerprint density at radius 2 is 1.80 bits per heavy atom. The molecule has 1 nitrogen and oxygen atoms in total. The van der Waals surface area contributed by atoms with Gasteiger partial charge in [-0.05, 0) is 32.4 Å². The van der Waals surface area contributed by atoms with Crippen LogP contribution in [0.5, 0.6) is 0 Å². The summed E-state index contributed by atoms with van der Waals surface area (Å²) in [5, 5.41) is 3.93. The van der Waals surface area contributed by atoms with Crippen molar-refractivity contribution in [2.75, 3.05) is 0 Å². The number of thioether (sulfide) groups is 1. The number of allylic oxidation sites excluding steroid dienone is 4. The number of nitrogens with one attached hydrogen (secondary N) is 1. The molecule has 0 aromatic heterocycles. The van der Waals surface area contributed by atoms with Gasteiger partial charge in [-0.25, -0.2) is 0 Å². The van der Waals surface area contributed by atoms with Gasteiger partial charge in [-0.1, -0.05) is 43.7 Å². The predicted octanol–water partition coefficient (Wildman–Crippen LogP) is 4.35. The van der Waals surface area contributed by atoms with Crippen LogP contribution in [-0.2, 0) is 0 Å². The molecule has 82 valence electrons. The van der Waals surface area contributed by atoms with E-state index in [0.29, 0.717) is 0 Å². The zero-order chi connectivity index (χ0) is 11.8. The molecular formula is C13H19NS. The molecule has 0 bridgehead atoms. The maximum absolute atomic E-state index is 3.96. The Morgan fingerprint density at radius 3 is 2.27 bits per heavy atom. The number of rotatable bonds is 6. The summed E-state index contributed by atoms with van der Waals surface area (Å²) in [5.74, 6) is 0. The third-order valence-electron chi connectivity index (χ3n) is 1.79. The van der Waals surface area contributed by atoms with Gasteiger partial charge in [0.2, 0.25) is 0 Å². The van der Waals surface area contributed by atoms with Crippen LogP contribution in [0, 0.1) is 0 Å². The first kappa shape index (κ1) is 13.8. The summed E-state index contributed by atoms with van der Waals surface area (Å²) in [5.41, 5.74) is 2.00. The minimum absolute atomic E-state index is 0.834. The molecule has 0 atom stereocenters. The van der Waals surface area contributed by atoms with E-state index in [-0.39, 0.29) is 0 Å². The van der Waals surface area contributed by atoms with Crippen LogP contribution in [0.1, 0.15) is 20.8 Å². The molecule has 0 rings (SSSR count). The smallest absolute Gasteiger partial charge is 0.0700 e. The monoisotopic (exact) mass is 221 g/mol. The van der Waals surface area contributed by atoms with Gasteiger partial charge in [0.1, 0.15) is 0 Å². The lowest BCUT2D eigenvalue weighted by Gasteiger charge is -2.10. The fourth-order valence-electron chi connectivity index (χ4n) is 0.838. The summed E-state index contributed by atoms with van der Waals surface area (Å²) >= 11 is 1.52. The Morgan fingerprint density at radius 1 is 1.20 bits per heavy atom. The molecule has 1 N–H and O–H groups in total. The maximum atomic E-state index is 3.96. The highest BCUT2D eigenvalue weighted by molar-refractivity contribution is 8.06. The van der Waals surface area contributed by atoms with E-state index in [4.69, 9.17) is 0 Å². The molecule has 0 aliphatic heterocycles. The molecule has 0 radical (unpaired) electrons. The average Bonchev–Trinajstić information content (AvgIpc) is 2.16. The van der Waals surface area contributed by atoms with Crippen molar-refractivity contribution in [3.63, 3.8) is 0 Å². The Bertz CT molecular complexity index is 321. The zero-order valence-electron chi connectivity index (χ0n) is 9.76. The SMILES string of the molecule is C=C(/C=C\C)NC(=C)SC(=C)/C(C)=C\C. The van der Waals surface area contributed by atoms with Gasteiger partial charge in [0, 0.05) is 10.6 Å². The zero-order valence-corrected chi connectivity index (χ0v) is 10.6. The highest BCUT2D eigenvalue weighted by atomic mass is 32.2. The van der Waals surface area contributed by atoms with E-state index >= 15 is 0 Å². The van der Waals surface area contributed by atoms with Crippen molar-refractivity contribution in [1.82, 2.24) is 5.32 Å². The van der Waals surface area contributed by atoms with Crippen molar-refractivity contribution in [2.24, 2.45) is 0 Å². The van der Waals surface area contributed by atoms with Gasteiger partial charge in [-0.2, -0.15) is 0 Å². The van der Waals surface area contributed by atoms with Crippen LogP contribution in [0.25, 0.3) is 0 Å². The van der Waals surface area contributed by atoms with Crippen LogP contribution in [0.2, 0.25) is 0 Å². The Kier molecular flexibility index (Phi) is 6.63. The summed E-state index contributed by atoms with van der Waals surface area (Å²) in [7, 11) is 0. The van der Waals surface area contributed by atoms with Gasteiger partial charge >= 0.3 is 0 Å². The van der Waals surface area contributed by atoms with Crippen LogP contribution in [-0.4, -0.2) is 0 Å². The first-order valence-corrected chi connectivity index (χ1v) is 5.60. The summed E-state index contributed by atoms with van der Waals surface area (Å²) in [6.45, 7) is 17.7. The second kappa shape index (κ2) is 7.18. The molecule has 15 heavy (non-hydrogen) atoms. The molecule has 0 aromatic carbocycles. The number of hydrogen-bond acceptors (Lipinski definition) is 2. The molecule has 2 heteroatoms. The van der Waals surface area contributed by atoms with Crippen molar-refractivity contribution in [1.29, 1.82) is 0 Å². The Balaban J connectivity index is 4.16. The second-order valence-electron chi connectivity index (χ2n) is 3.07. The minimum Gasteiger partial charge on any atom is -0.351 e. The maximum Gasteiger partial charge on any atom is 0.0700 e. The Hall–Kier alpha value is -1.15. The Labute approximate surface area is 97.3 Å². The van der Waals surface area contributed by atoms with E-state index in [1.165, 1.54) is 17.3 Å². The van der Waals surface area contributed by atoms with E-state index in [2.05, 4.69) is 25.1 Å². The highest BCUT2D eigenvalue weighted by Crippen LogP contribution is 2.26. The third kappa shape index (κ3) is 6.02. The molecular weight excluding hydrogens is 202 g/mol. The molecule has 0 saturated carbocycles. The second-order valence-corrected chi connectivity index (χ2v) is 4.26. The lowest BCUT2D eigenvalue weighted by molar-refractivity contribution is 1.10. The van der Waals surface area contributed by atoms with Gasteiger partial charge in [-0.15, -0.1) is 0 Å². The average molecular weight is 221 g/mol. The highest BCUT2D eigenvalue weighted by Gasteiger charge is 2.00. The molecule has 0 heterocycles. The molecule has 0 saturated heterocycles. The van der Waals surface area contributed by atoms with Crippen LogP contribution >= 0.6 is 11.8 Å². The van der Waals surface area contributed by atoms with Crippen LogP contribution in [0.3, 0.4) is 0 Å². The van der Waals surface area contributed by atoms with Gasteiger partial charge in [-0.3, -0.25) is 0 Å². The summed E-state index contributed by atoms with van der Waals surface area (Å²) in [6.07, 6.45) is 5.86. The summed E-state index contributed by atoms with van der Waals surface area (Å²) in [6, 6.07) is 0. The summed E-state index contributed by atoms with van der Waals surface area (Å²) in [4.78, 5) is 1.00. The normalized spacial score (nSPS) is 11.5. The topological polar surface area (TPSA) is 12.0 Å². The van der Waals surface area contributed by atoms with Gasteiger partial charge < -0.3 is 5.32 Å². The van der Waals surface area contributed by atoms with E-state index in [1.54, 1.807) is 0 Å². The third-order valence-corrected chi connectivity index (χ3v) is 2.70. The van der Waals surface area contributed by atoms with E-state index in [1.807, 2.05) is 39.0 Å². The first-order valence-electron chi connectivity index (χ1n) is 4.78. The molecule has 0 aromatic rings. The van der Waals surface area contributed by atoms with Crippen molar-refractivity contribution in [3.05, 3.63) is 59.2 Å². The standard InChI is InChI=1S/C13H19NS/c1-7-9-11(4)14-13(6)15-12(5)10(3)8-2/h7-9,14H,4-6H2,1-3H3/b9-7-,10-8-. The predicted molar refractivity (Wildman–Crippen MR) is 72.4 cm³/mol. The molecule has 0 amide bonds. The molecule has 0 aliphatic carbocycles. The van der Waals surface area contributed by atoms with Gasteiger partial charge in [0.05, 0.1) is 5.03 Å². The largest absolute Gasteiger partial charge is 0.351 e. The van der Waals surface area contributed by atoms with E-state index in [9.17, 15) is 0 Å². The van der Waals surface area contributed by atoms with Crippen molar-refractivity contribution < 1.29 is 0 Å². The fourth-order valence-corrected chi connectivity index (χ4v) is 1.60. The lowest BCUT2D eigenvalue weighted by atomic mass is 10.3. The van der Waals surface area contributed by atoms with Crippen LogP contribution < -0.4 is 5.32 Å². The molecule has 0 fully saturated rings. The molecule has 0 spiro atoms. The number of hydrogen-bond donors (Lipinski definition) is 1. The summed E-state index contributed by atoms with van der Waals surface area (Å²) < 4.78 is 0. The minimum atomic E-state index is 0.834. The quantitative estimate of drug-likeness (QED) is 0.669. The first-order chi connectivity index (χ1) is 7.01. The van der Waals surface area contributed by atoms with Gasteiger partial charge in [0.25, 0.3) is 0 Å². The van der Waals surface area contributed by atoms with E-state index in [0.717, 1.165) is 15.6 Å². The fraction of sp³-hybridized carbons (Fsp3) is 0.231. The lowest BCUT2D eigenvalue weighted by Crippen LogP contribution is -2.06. The van der Waals surface area contributed by atoms with Crippen molar-refractivity contribution >= 4 is 11.8 Å². The van der Waals surface area contributed by atoms with Crippen LogP contribution in [0.4, 0.5) is 0 Å². The van der Waals surface area contributed by atoms with Crippen LogP contribution in [0.15, 0.2) is 59.2 Å². The van der Waals surface area contributed by atoms with Gasteiger partial charge in [0.15, 0.2) is 0 Å². The van der Waals surface area contributed by atoms with Crippen molar-refractivity contribution in [3.8, 4) is 0 Å². The van der Waals surface area contributed by atoms with Crippen molar-refractivity contribution in [2.45, 2.75) is 20.8 Å². The van der Waals surface area contributed by atoms with E-state index < -0.39 is 0 Å². The molecule has 0 aliphatic rings. The molecule has 0 unspecified atom stereocenters.